The molecule has 8 nitrogen and oxygen atoms in total. The van der Waals surface area contributed by atoms with Crippen LogP contribution in [-0.2, 0) is 20.9 Å². The number of aliphatic hydroxyl groups excluding tert-OH is 3. The number of carbonyl (C=O) groups excluding carboxylic acids is 2. The zero-order chi connectivity index (χ0) is 27.2. The van der Waals surface area contributed by atoms with Crippen molar-refractivity contribution in [3.63, 3.8) is 0 Å². The fourth-order valence-corrected chi connectivity index (χ4v) is 5.52. The molecular weight excluding hydrogens is 492 g/mol. The minimum absolute atomic E-state index is 0.0370. The Kier molecular flexibility index (Phi) is 10.1. The molecule has 1 fully saturated rings. The van der Waals surface area contributed by atoms with Crippen LogP contribution in [0.25, 0.3) is 0 Å². The van der Waals surface area contributed by atoms with E-state index in [9.17, 15) is 24.9 Å². The number of aliphatic hydroxyl groups is 3. The van der Waals surface area contributed by atoms with Crippen molar-refractivity contribution in [2.24, 2.45) is 5.41 Å². The molecule has 37 heavy (non-hydrogen) atoms. The minimum Gasteiger partial charge on any atom is -0.387 e. The van der Waals surface area contributed by atoms with Crippen LogP contribution in [0.3, 0.4) is 0 Å². The van der Waals surface area contributed by atoms with Crippen LogP contribution >= 0.6 is 11.8 Å². The third-order valence-electron chi connectivity index (χ3n) is 6.28. The maximum absolute atomic E-state index is 13.7. The van der Waals surface area contributed by atoms with E-state index in [0.717, 1.165) is 5.56 Å². The average molecular weight is 531 g/mol. The molecule has 1 heterocycles. The normalized spacial score (nSPS) is 25.3. The molecule has 0 saturated carbocycles. The number of nitrogens with one attached hydrogen (secondary N) is 1. The third kappa shape index (κ3) is 7.78. The summed E-state index contributed by atoms with van der Waals surface area (Å²) in [5, 5.41) is 34.2. The van der Waals surface area contributed by atoms with Crippen molar-refractivity contribution in [2.45, 2.75) is 69.1 Å². The van der Waals surface area contributed by atoms with Crippen LogP contribution in [0.5, 0.6) is 0 Å². The monoisotopic (exact) mass is 530 g/mol. The number of nitrogens with zero attached hydrogens (tertiary/aromatic N) is 1. The summed E-state index contributed by atoms with van der Waals surface area (Å²) in [4.78, 5) is 28.6. The first-order valence-corrected chi connectivity index (χ1v) is 13.4. The van der Waals surface area contributed by atoms with Crippen LogP contribution in [0, 0.1) is 5.41 Å². The molecule has 0 spiro atoms. The fourth-order valence-electron chi connectivity index (χ4n) is 4.24. The van der Waals surface area contributed by atoms with Gasteiger partial charge in [0, 0.05) is 24.7 Å². The van der Waals surface area contributed by atoms with Gasteiger partial charge in [0.2, 0.25) is 5.91 Å². The molecule has 4 N–H and O–H groups in total. The molecule has 9 heteroatoms. The number of carbonyl (C=O) groups is 2. The Morgan fingerprint density at radius 1 is 1.16 bits per heavy atom. The van der Waals surface area contributed by atoms with E-state index in [1.165, 1.54) is 13.2 Å². The number of benzene rings is 1. The summed E-state index contributed by atoms with van der Waals surface area (Å²) in [6.07, 6.45) is 4.74. The van der Waals surface area contributed by atoms with Crippen LogP contribution in [0.2, 0.25) is 0 Å². The van der Waals surface area contributed by atoms with Crippen molar-refractivity contribution in [3.05, 3.63) is 72.4 Å². The quantitative estimate of drug-likeness (QED) is 0.360. The Bertz CT molecular complexity index is 1010. The van der Waals surface area contributed by atoms with Gasteiger partial charge in [0.25, 0.3) is 5.91 Å². The number of ether oxygens (including phenoxy) is 1. The highest BCUT2D eigenvalue weighted by molar-refractivity contribution is 8.00. The highest BCUT2D eigenvalue weighted by Crippen LogP contribution is 2.30. The molecule has 2 aliphatic rings. The number of amides is 2. The molecule has 0 bridgehead atoms. The molecule has 2 amide bonds. The van der Waals surface area contributed by atoms with E-state index >= 15 is 0 Å². The molecule has 0 radical (unpaired) electrons. The van der Waals surface area contributed by atoms with Gasteiger partial charge in [-0.2, -0.15) is 0 Å². The second-order valence-corrected chi connectivity index (χ2v) is 11.6. The number of hydrogen-bond acceptors (Lipinski definition) is 7. The van der Waals surface area contributed by atoms with E-state index in [1.807, 2.05) is 69.3 Å². The molecule has 3 rings (SSSR count). The lowest BCUT2D eigenvalue weighted by Gasteiger charge is -2.34. The molecule has 0 aromatic heterocycles. The number of thioether (sulfide) groups is 1. The molecule has 1 aliphatic heterocycles. The van der Waals surface area contributed by atoms with Crippen molar-refractivity contribution in [2.75, 3.05) is 12.9 Å². The number of fused-ring (bicyclic) bond motifs is 1. The molecule has 1 aliphatic carbocycles. The number of methoxy groups -OCH3 is 1. The van der Waals surface area contributed by atoms with E-state index in [2.05, 4.69) is 11.4 Å². The molecular formula is C28H38N2O6S. The van der Waals surface area contributed by atoms with Crippen LogP contribution in [0.1, 0.15) is 26.3 Å². The van der Waals surface area contributed by atoms with E-state index < -0.39 is 36.4 Å². The Morgan fingerprint density at radius 3 is 2.49 bits per heavy atom. The minimum atomic E-state index is -1.72. The zero-order valence-corrected chi connectivity index (χ0v) is 22.5. The fraction of sp³-hybridized carbons (Fsp3) is 0.500. The summed E-state index contributed by atoms with van der Waals surface area (Å²) in [5.74, 6) is -0.646. The van der Waals surface area contributed by atoms with Gasteiger partial charge < -0.3 is 30.3 Å². The second-order valence-electron chi connectivity index (χ2n) is 10.4. The van der Waals surface area contributed by atoms with Gasteiger partial charge in [0.05, 0.1) is 6.04 Å². The lowest BCUT2D eigenvalue weighted by atomic mass is 9.94. The Labute approximate surface area is 223 Å². The summed E-state index contributed by atoms with van der Waals surface area (Å²) >= 11 is 1.57. The molecule has 202 valence electrons. The van der Waals surface area contributed by atoms with Crippen molar-refractivity contribution < 1.29 is 29.6 Å². The van der Waals surface area contributed by atoms with Gasteiger partial charge in [-0.25, -0.2) is 0 Å². The van der Waals surface area contributed by atoms with Crippen molar-refractivity contribution in [1.29, 1.82) is 0 Å². The lowest BCUT2D eigenvalue weighted by molar-refractivity contribution is -0.151. The SMILES string of the molecule is CO[C@@H](C(=O)N[C@H]1CSC2C=CC=CC2N(Cc2ccccc2)C1=O)[C@H](O)[C@@H](O)[C@H](O)/C=C/C(C)(C)C. The molecule has 7 atom stereocenters. The van der Waals surface area contributed by atoms with Gasteiger partial charge in [-0.15, -0.1) is 11.8 Å². The van der Waals surface area contributed by atoms with Crippen molar-refractivity contribution in [1.82, 2.24) is 10.2 Å². The maximum atomic E-state index is 13.7. The highest BCUT2D eigenvalue weighted by atomic mass is 32.2. The molecule has 1 aromatic rings. The van der Waals surface area contributed by atoms with E-state index in [0.29, 0.717) is 12.3 Å². The number of rotatable bonds is 9. The van der Waals surface area contributed by atoms with Gasteiger partial charge in [-0.05, 0) is 11.0 Å². The maximum Gasteiger partial charge on any atom is 0.252 e. The van der Waals surface area contributed by atoms with E-state index in [1.54, 1.807) is 22.7 Å². The Morgan fingerprint density at radius 2 is 1.84 bits per heavy atom. The van der Waals surface area contributed by atoms with Gasteiger partial charge in [0.15, 0.2) is 6.10 Å². The smallest absolute Gasteiger partial charge is 0.252 e. The molecule has 2 unspecified atom stereocenters. The topological polar surface area (TPSA) is 119 Å². The Balaban J connectivity index is 1.75. The van der Waals surface area contributed by atoms with Crippen LogP contribution in [0.4, 0.5) is 0 Å². The van der Waals surface area contributed by atoms with Crippen LogP contribution in [0.15, 0.2) is 66.8 Å². The lowest BCUT2D eigenvalue weighted by Crippen LogP contribution is -2.57. The van der Waals surface area contributed by atoms with Crippen molar-refractivity contribution in [3.8, 4) is 0 Å². The van der Waals surface area contributed by atoms with Gasteiger partial charge in [-0.3, -0.25) is 9.59 Å². The van der Waals surface area contributed by atoms with Crippen LogP contribution < -0.4 is 5.32 Å². The summed E-state index contributed by atoms with van der Waals surface area (Å²) in [6, 6.07) is 8.63. The first-order chi connectivity index (χ1) is 17.5. The second kappa shape index (κ2) is 12.9. The largest absolute Gasteiger partial charge is 0.387 e. The third-order valence-corrected chi connectivity index (χ3v) is 7.63. The van der Waals surface area contributed by atoms with Gasteiger partial charge in [0.1, 0.15) is 24.4 Å². The summed E-state index contributed by atoms with van der Waals surface area (Å²) < 4.78 is 5.20. The Hall–Kier alpha value is -2.43. The summed E-state index contributed by atoms with van der Waals surface area (Å²) in [5.41, 5.74) is 0.731. The number of allylic oxidation sites excluding steroid dienone is 3. The first-order valence-electron chi connectivity index (χ1n) is 12.4. The van der Waals surface area contributed by atoms with Crippen molar-refractivity contribution >= 4 is 23.6 Å². The van der Waals surface area contributed by atoms with Crippen LogP contribution in [-0.4, -0.2) is 86.6 Å². The zero-order valence-electron chi connectivity index (χ0n) is 21.7. The predicted molar refractivity (Wildman–Crippen MR) is 145 cm³/mol. The average Bonchev–Trinajstić information content (AvgIpc) is 2.99. The van der Waals surface area contributed by atoms with Gasteiger partial charge >= 0.3 is 0 Å². The summed E-state index contributed by atoms with van der Waals surface area (Å²) in [6.45, 7) is 6.16. The standard InChI is InChI=1S/C28H38N2O6S/c1-28(2,3)15-14-21(31)23(32)24(33)25(36-4)26(34)29-19-17-37-22-13-9-8-12-20(22)30(27(19)35)16-18-10-6-5-7-11-18/h5-15,19-25,31-33H,16-17H2,1-4H3,(H,29,34)/b15-14+/t19-,20?,21+,22?,23-,24+,25+/m0/s1. The van der Waals surface area contributed by atoms with E-state index in [4.69, 9.17) is 4.74 Å². The highest BCUT2D eigenvalue weighted by Gasteiger charge is 2.41. The first kappa shape index (κ1) is 29.1. The summed E-state index contributed by atoms with van der Waals surface area (Å²) in [7, 11) is 1.23. The number of hydrogen-bond donors (Lipinski definition) is 4. The van der Waals surface area contributed by atoms with Gasteiger partial charge in [-0.1, -0.05) is 87.6 Å². The predicted octanol–water partition coefficient (Wildman–Crippen LogP) is 1.81. The molecule has 1 aromatic carbocycles. The molecule has 1 saturated heterocycles. The van der Waals surface area contributed by atoms with E-state index in [-0.39, 0.29) is 22.6 Å².